The maximum absolute atomic E-state index is 10.6. The predicted molar refractivity (Wildman–Crippen MR) is 156 cm³/mol. The van der Waals surface area contributed by atoms with Gasteiger partial charge in [-0.25, -0.2) is 0 Å². The van der Waals surface area contributed by atoms with Crippen molar-refractivity contribution in [2.75, 3.05) is 0 Å². The lowest BCUT2D eigenvalue weighted by Crippen LogP contribution is -1.87. The molecule has 36 heavy (non-hydrogen) atoms. The van der Waals surface area contributed by atoms with Crippen LogP contribution in [0.3, 0.4) is 0 Å². The first kappa shape index (κ1) is 32.9. The molecular weight excluding hydrogens is 463 g/mol. The molecule has 0 unspecified atom stereocenters. The van der Waals surface area contributed by atoms with Gasteiger partial charge in [0, 0.05) is 0 Å². The first-order valence-electron chi connectivity index (χ1n) is 15.6. The molecule has 0 bridgehead atoms. The monoisotopic (exact) mass is 520 g/mol. The van der Waals surface area contributed by atoms with Crippen molar-refractivity contribution in [3.8, 4) is 5.75 Å². The van der Waals surface area contributed by atoms with Crippen molar-refractivity contribution in [2.45, 2.75) is 167 Å². The van der Waals surface area contributed by atoms with Crippen LogP contribution in [-0.2, 0) is 15.6 Å². The van der Waals surface area contributed by atoms with Gasteiger partial charge in [0.15, 0.2) is 0 Å². The second-order valence-corrected chi connectivity index (χ2v) is 11.5. The summed E-state index contributed by atoms with van der Waals surface area (Å²) in [5, 5.41) is 0. The molecule has 3 nitrogen and oxygen atoms in total. The average molecular weight is 521 g/mol. The molecule has 1 rings (SSSR count). The van der Waals surface area contributed by atoms with Crippen LogP contribution in [0.5, 0.6) is 5.75 Å². The molecule has 0 atom stereocenters. The van der Waals surface area contributed by atoms with E-state index in [9.17, 15) is 9.13 Å². The van der Waals surface area contributed by atoms with E-state index in [2.05, 4.69) is 11.4 Å². The van der Waals surface area contributed by atoms with Gasteiger partial charge in [0.1, 0.15) is 5.75 Å². The molecule has 0 saturated carbocycles. The molecule has 0 amide bonds. The number of rotatable bonds is 27. The highest BCUT2D eigenvalue weighted by Crippen LogP contribution is 2.20. The molecule has 0 heterocycles. The third kappa shape index (κ3) is 22.1. The topological polar surface area (TPSA) is 43.4 Å². The van der Waals surface area contributed by atoms with Crippen molar-refractivity contribution in [2.24, 2.45) is 0 Å². The second-order valence-electron chi connectivity index (χ2n) is 10.8. The van der Waals surface area contributed by atoms with Gasteiger partial charge in [0.2, 0.25) is 0 Å². The third-order valence-corrected chi connectivity index (χ3v) is 7.78. The highest BCUT2D eigenvalue weighted by molar-refractivity contribution is 7.25. The zero-order chi connectivity index (χ0) is 25.9. The van der Waals surface area contributed by atoms with Crippen LogP contribution in [0.2, 0.25) is 0 Å². The van der Waals surface area contributed by atoms with E-state index in [0.29, 0.717) is 5.75 Å². The lowest BCUT2D eigenvalue weighted by atomic mass is 10.0. The molecule has 0 aliphatic carbocycles. The molecule has 1 aromatic rings. The van der Waals surface area contributed by atoms with E-state index in [1.54, 1.807) is 12.1 Å². The summed E-state index contributed by atoms with van der Waals surface area (Å²) in [5.74, 6) is 0.398. The Labute approximate surface area is 224 Å². The molecule has 0 saturated heterocycles. The van der Waals surface area contributed by atoms with E-state index in [-0.39, 0.29) is 0 Å². The van der Waals surface area contributed by atoms with Gasteiger partial charge in [-0.15, -0.1) is 0 Å². The van der Waals surface area contributed by atoms with E-state index in [1.165, 1.54) is 160 Å². The van der Waals surface area contributed by atoms with Crippen LogP contribution < -0.4 is 4.52 Å². The minimum atomic E-state index is -2.82. The van der Waals surface area contributed by atoms with E-state index < -0.39 is 7.91 Å². The fraction of sp³-hybridized carbons (Fsp3) is 0.812. The molecule has 0 aliphatic rings. The van der Waals surface area contributed by atoms with Gasteiger partial charge < -0.3 is 4.52 Å². The molecular formula is C32H57O3P. The quantitative estimate of drug-likeness (QED) is 0.0855. The number of hydrogen-bond donors (Lipinski definition) is 0. The third-order valence-electron chi connectivity index (χ3n) is 7.42. The molecule has 0 spiro atoms. The molecule has 4 heteroatoms. The van der Waals surface area contributed by atoms with Crippen LogP contribution in [0.4, 0.5) is 0 Å². The summed E-state index contributed by atoms with van der Waals surface area (Å²) >= 11 is 0. The number of benzene rings is 1. The Kier molecular flexibility index (Phi) is 23.4. The Bertz CT molecular complexity index is 646. The lowest BCUT2D eigenvalue weighted by molar-refractivity contribution is 0.438. The smallest absolute Gasteiger partial charge is 0.387 e. The maximum Gasteiger partial charge on any atom is 0.529 e. The van der Waals surface area contributed by atoms with E-state index in [1.807, 2.05) is 12.1 Å². The molecule has 0 aliphatic heterocycles. The predicted octanol–water partition coefficient (Wildman–Crippen LogP) is 12.1. The summed E-state index contributed by atoms with van der Waals surface area (Å²) in [7, 11) is -2.82. The molecule has 0 aromatic heterocycles. The molecule has 0 fully saturated rings. The first-order valence-corrected chi connectivity index (χ1v) is 16.7. The summed E-state index contributed by atoms with van der Waals surface area (Å²) in [6, 6.07) is 7.40. The van der Waals surface area contributed by atoms with Gasteiger partial charge in [-0.3, -0.25) is 0 Å². The van der Waals surface area contributed by atoms with Crippen LogP contribution in [0.15, 0.2) is 24.3 Å². The van der Waals surface area contributed by atoms with Gasteiger partial charge in [-0.1, -0.05) is 167 Å². The normalized spacial score (nSPS) is 11.1. The summed E-state index contributed by atoms with van der Waals surface area (Å²) < 4.78 is 25.8. The maximum atomic E-state index is 10.6. The van der Waals surface area contributed by atoms with Crippen molar-refractivity contribution in [3.63, 3.8) is 0 Å². The highest BCUT2D eigenvalue weighted by Gasteiger charge is 1.99. The first-order chi connectivity index (χ1) is 17.7. The molecule has 0 radical (unpaired) electrons. The minimum absolute atomic E-state index is 0.398. The van der Waals surface area contributed by atoms with Crippen LogP contribution >= 0.6 is 7.91 Å². The summed E-state index contributed by atoms with van der Waals surface area (Å²) in [6.07, 6.45) is 35.1. The van der Waals surface area contributed by atoms with Gasteiger partial charge in [-0.05, 0) is 30.5 Å². The SMILES string of the molecule is CCCCCCCCCCCCCCCCCCCCCCCCCCc1ccc(OP(=O)=O)cc1. The van der Waals surface area contributed by atoms with Gasteiger partial charge >= 0.3 is 7.91 Å². The zero-order valence-corrected chi connectivity index (χ0v) is 24.6. The van der Waals surface area contributed by atoms with Crippen molar-refractivity contribution in [1.29, 1.82) is 0 Å². The zero-order valence-electron chi connectivity index (χ0n) is 23.7. The van der Waals surface area contributed by atoms with Gasteiger partial charge in [-0.2, -0.15) is 9.13 Å². The Morgan fingerprint density at radius 1 is 0.472 bits per heavy atom. The Balaban J connectivity index is 1.72. The Morgan fingerprint density at radius 3 is 1.08 bits per heavy atom. The standard InChI is InChI=1S/C32H57O3P/c1-2-3-4-5-6-7-8-9-10-11-12-13-14-15-16-17-18-19-20-21-22-23-24-25-26-31-27-29-32(30-28-31)35-36(33)34/h27-30H,2-26H2,1H3. The second kappa shape index (κ2) is 25.6. The van der Waals surface area contributed by atoms with Gasteiger partial charge in [0.05, 0.1) is 0 Å². The van der Waals surface area contributed by atoms with Crippen molar-refractivity contribution < 1.29 is 13.7 Å². The van der Waals surface area contributed by atoms with Crippen LogP contribution in [0, 0.1) is 0 Å². The number of hydrogen-bond acceptors (Lipinski definition) is 3. The number of unbranched alkanes of at least 4 members (excludes halogenated alkanes) is 23. The summed E-state index contributed by atoms with van der Waals surface area (Å²) in [5.41, 5.74) is 1.25. The van der Waals surface area contributed by atoms with Crippen LogP contribution in [-0.4, -0.2) is 0 Å². The largest absolute Gasteiger partial charge is 0.529 e. The highest BCUT2D eigenvalue weighted by atomic mass is 31.1. The molecule has 208 valence electrons. The molecule has 0 N–H and O–H groups in total. The van der Waals surface area contributed by atoms with E-state index in [0.717, 1.165) is 6.42 Å². The minimum Gasteiger partial charge on any atom is -0.387 e. The Morgan fingerprint density at radius 2 is 0.778 bits per heavy atom. The average Bonchev–Trinajstić information content (AvgIpc) is 2.87. The van der Waals surface area contributed by atoms with Gasteiger partial charge in [0.25, 0.3) is 0 Å². The Hall–Kier alpha value is -1.08. The molecule has 1 aromatic carbocycles. The van der Waals surface area contributed by atoms with Crippen molar-refractivity contribution in [3.05, 3.63) is 29.8 Å². The fourth-order valence-electron chi connectivity index (χ4n) is 5.09. The van der Waals surface area contributed by atoms with Crippen molar-refractivity contribution in [1.82, 2.24) is 0 Å². The van der Waals surface area contributed by atoms with Crippen molar-refractivity contribution >= 4 is 7.91 Å². The summed E-state index contributed by atoms with van der Waals surface area (Å²) in [4.78, 5) is 0. The van der Waals surface area contributed by atoms with Crippen LogP contribution in [0.1, 0.15) is 167 Å². The lowest BCUT2D eigenvalue weighted by Gasteiger charge is -2.05. The fourth-order valence-corrected chi connectivity index (χ4v) is 5.39. The van der Waals surface area contributed by atoms with E-state index in [4.69, 9.17) is 0 Å². The summed E-state index contributed by atoms with van der Waals surface area (Å²) in [6.45, 7) is 2.29. The van der Waals surface area contributed by atoms with E-state index >= 15 is 0 Å². The number of aryl methyl sites for hydroxylation is 1. The van der Waals surface area contributed by atoms with Crippen LogP contribution in [0.25, 0.3) is 0 Å².